The van der Waals surface area contributed by atoms with E-state index in [4.69, 9.17) is 5.73 Å². The third kappa shape index (κ3) is 2.13. The van der Waals surface area contributed by atoms with Crippen LogP contribution >= 0.6 is 0 Å². The SMILES string of the molecule is Cc1ccc(-c2ccccc2)n1-c1ccc(N)cc1. The maximum atomic E-state index is 5.76. The molecule has 0 saturated carbocycles. The Labute approximate surface area is 113 Å². The van der Waals surface area contributed by atoms with E-state index in [9.17, 15) is 0 Å². The highest BCUT2D eigenvalue weighted by molar-refractivity contribution is 5.64. The summed E-state index contributed by atoms with van der Waals surface area (Å²) in [6.07, 6.45) is 0. The van der Waals surface area contributed by atoms with Gasteiger partial charge < -0.3 is 10.3 Å². The molecule has 2 aromatic carbocycles. The van der Waals surface area contributed by atoms with Crippen molar-refractivity contribution in [2.45, 2.75) is 6.92 Å². The average Bonchev–Trinajstić information content (AvgIpc) is 2.83. The van der Waals surface area contributed by atoms with Gasteiger partial charge in [0.05, 0.1) is 5.69 Å². The van der Waals surface area contributed by atoms with Crippen molar-refractivity contribution in [2.24, 2.45) is 0 Å². The van der Waals surface area contributed by atoms with Gasteiger partial charge in [-0.2, -0.15) is 0 Å². The lowest BCUT2D eigenvalue weighted by atomic mass is 10.1. The maximum absolute atomic E-state index is 5.76. The van der Waals surface area contributed by atoms with E-state index >= 15 is 0 Å². The minimum Gasteiger partial charge on any atom is -0.399 e. The average molecular weight is 248 g/mol. The first kappa shape index (κ1) is 11.6. The van der Waals surface area contributed by atoms with Gasteiger partial charge in [-0.15, -0.1) is 0 Å². The Morgan fingerprint density at radius 3 is 2.16 bits per heavy atom. The number of hydrogen-bond donors (Lipinski definition) is 1. The molecule has 3 rings (SSSR count). The molecule has 2 nitrogen and oxygen atoms in total. The Balaban J connectivity index is 2.17. The highest BCUT2D eigenvalue weighted by Gasteiger charge is 2.08. The molecule has 0 fully saturated rings. The molecule has 0 amide bonds. The van der Waals surface area contributed by atoms with E-state index in [1.807, 2.05) is 18.2 Å². The number of aryl methyl sites for hydroxylation is 1. The predicted octanol–water partition coefficient (Wildman–Crippen LogP) is 4.03. The van der Waals surface area contributed by atoms with Crippen molar-refractivity contribution in [3.05, 3.63) is 72.4 Å². The number of anilines is 1. The standard InChI is InChI=1S/C17H16N2/c1-13-7-12-17(14-5-3-2-4-6-14)19(13)16-10-8-15(18)9-11-16/h2-12H,18H2,1H3. The second-order valence-electron chi connectivity index (χ2n) is 4.65. The zero-order valence-corrected chi connectivity index (χ0v) is 10.9. The highest BCUT2D eigenvalue weighted by atomic mass is 15.0. The molecule has 0 aliphatic rings. The molecule has 1 heterocycles. The van der Waals surface area contributed by atoms with Gasteiger partial charge in [-0.05, 0) is 48.9 Å². The largest absolute Gasteiger partial charge is 0.399 e. The van der Waals surface area contributed by atoms with E-state index in [1.165, 1.54) is 17.0 Å². The quantitative estimate of drug-likeness (QED) is 0.682. The van der Waals surface area contributed by atoms with Crippen LogP contribution in [0.2, 0.25) is 0 Å². The fraction of sp³-hybridized carbons (Fsp3) is 0.0588. The molecule has 0 aliphatic heterocycles. The van der Waals surface area contributed by atoms with E-state index in [0.717, 1.165) is 11.4 Å². The molecule has 19 heavy (non-hydrogen) atoms. The van der Waals surface area contributed by atoms with E-state index in [0.29, 0.717) is 0 Å². The lowest BCUT2D eigenvalue weighted by molar-refractivity contribution is 1.02. The summed E-state index contributed by atoms with van der Waals surface area (Å²) in [5, 5.41) is 0. The fourth-order valence-electron chi connectivity index (χ4n) is 2.34. The molecule has 2 heteroatoms. The lowest BCUT2D eigenvalue weighted by Gasteiger charge is -2.12. The van der Waals surface area contributed by atoms with Gasteiger partial charge in [0, 0.05) is 17.1 Å². The molecule has 1 aromatic heterocycles. The second-order valence-corrected chi connectivity index (χ2v) is 4.65. The van der Waals surface area contributed by atoms with Gasteiger partial charge in [0.2, 0.25) is 0 Å². The van der Waals surface area contributed by atoms with Crippen LogP contribution in [-0.2, 0) is 0 Å². The molecule has 2 N–H and O–H groups in total. The zero-order chi connectivity index (χ0) is 13.2. The normalized spacial score (nSPS) is 10.6. The number of nitrogen functional groups attached to an aromatic ring is 1. The molecule has 0 radical (unpaired) electrons. The molecule has 0 spiro atoms. The number of aromatic nitrogens is 1. The highest BCUT2D eigenvalue weighted by Crippen LogP contribution is 2.26. The summed E-state index contributed by atoms with van der Waals surface area (Å²) in [7, 11) is 0. The summed E-state index contributed by atoms with van der Waals surface area (Å²) < 4.78 is 2.24. The molecule has 0 saturated heterocycles. The van der Waals surface area contributed by atoms with Gasteiger partial charge in [-0.1, -0.05) is 30.3 Å². The van der Waals surface area contributed by atoms with Crippen LogP contribution in [0.4, 0.5) is 5.69 Å². The van der Waals surface area contributed by atoms with Gasteiger partial charge in [-0.25, -0.2) is 0 Å². The summed E-state index contributed by atoms with van der Waals surface area (Å²) in [6, 6.07) is 22.7. The van der Waals surface area contributed by atoms with Crippen molar-refractivity contribution < 1.29 is 0 Å². The van der Waals surface area contributed by atoms with Crippen LogP contribution in [0.3, 0.4) is 0 Å². The zero-order valence-electron chi connectivity index (χ0n) is 10.9. The van der Waals surface area contributed by atoms with Crippen molar-refractivity contribution >= 4 is 5.69 Å². The summed E-state index contributed by atoms with van der Waals surface area (Å²) in [5.41, 5.74) is 11.3. The summed E-state index contributed by atoms with van der Waals surface area (Å²) in [4.78, 5) is 0. The second kappa shape index (κ2) is 4.65. The van der Waals surface area contributed by atoms with E-state index < -0.39 is 0 Å². The maximum Gasteiger partial charge on any atom is 0.0531 e. The minimum atomic E-state index is 0.787. The van der Waals surface area contributed by atoms with E-state index in [1.54, 1.807) is 0 Å². The Kier molecular flexibility index (Phi) is 2.84. The van der Waals surface area contributed by atoms with Crippen LogP contribution in [-0.4, -0.2) is 4.57 Å². The Morgan fingerprint density at radius 2 is 1.47 bits per heavy atom. The predicted molar refractivity (Wildman–Crippen MR) is 80.4 cm³/mol. The molecular weight excluding hydrogens is 232 g/mol. The Morgan fingerprint density at radius 1 is 0.789 bits per heavy atom. The lowest BCUT2D eigenvalue weighted by Crippen LogP contribution is -1.99. The molecule has 0 bridgehead atoms. The van der Waals surface area contributed by atoms with Crippen molar-refractivity contribution in [2.75, 3.05) is 5.73 Å². The molecular formula is C17H16N2. The monoisotopic (exact) mass is 248 g/mol. The molecule has 0 aliphatic carbocycles. The number of nitrogens with zero attached hydrogens (tertiary/aromatic N) is 1. The first-order chi connectivity index (χ1) is 9.25. The van der Waals surface area contributed by atoms with Crippen LogP contribution in [0.25, 0.3) is 16.9 Å². The van der Waals surface area contributed by atoms with Crippen molar-refractivity contribution in [3.8, 4) is 16.9 Å². The van der Waals surface area contributed by atoms with Crippen molar-refractivity contribution in [3.63, 3.8) is 0 Å². The number of benzene rings is 2. The minimum absolute atomic E-state index is 0.787. The van der Waals surface area contributed by atoms with E-state index in [-0.39, 0.29) is 0 Å². The van der Waals surface area contributed by atoms with Gasteiger partial charge >= 0.3 is 0 Å². The molecule has 3 aromatic rings. The molecule has 94 valence electrons. The number of hydrogen-bond acceptors (Lipinski definition) is 1. The van der Waals surface area contributed by atoms with Crippen LogP contribution in [0.1, 0.15) is 5.69 Å². The molecule has 0 atom stereocenters. The van der Waals surface area contributed by atoms with Crippen molar-refractivity contribution in [1.29, 1.82) is 0 Å². The third-order valence-electron chi connectivity index (χ3n) is 3.30. The smallest absolute Gasteiger partial charge is 0.0531 e. The molecule has 0 unspecified atom stereocenters. The first-order valence-electron chi connectivity index (χ1n) is 6.35. The number of rotatable bonds is 2. The number of nitrogens with two attached hydrogens (primary N) is 1. The summed E-state index contributed by atoms with van der Waals surface area (Å²) in [5.74, 6) is 0. The Hall–Kier alpha value is -2.48. The van der Waals surface area contributed by atoms with Crippen LogP contribution in [0.15, 0.2) is 66.7 Å². The van der Waals surface area contributed by atoms with Crippen molar-refractivity contribution in [1.82, 2.24) is 4.57 Å². The van der Waals surface area contributed by atoms with Crippen LogP contribution in [0, 0.1) is 6.92 Å². The Bertz CT molecular complexity index is 679. The van der Waals surface area contributed by atoms with Gasteiger partial charge in [0.15, 0.2) is 0 Å². The van der Waals surface area contributed by atoms with Gasteiger partial charge in [-0.3, -0.25) is 0 Å². The fourth-order valence-corrected chi connectivity index (χ4v) is 2.34. The van der Waals surface area contributed by atoms with Gasteiger partial charge in [0.25, 0.3) is 0 Å². The first-order valence-corrected chi connectivity index (χ1v) is 6.35. The van der Waals surface area contributed by atoms with Crippen LogP contribution in [0.5, 0.6) is 0 Å². The topological polar surface area (TPSA) is 30.9 Å². The van der Waals surface area contributed by atoms with Gasteiger partial charge in [0.1, 0.15) is 0 Å². The summed E-state index contributed by atoms with van der Waals surface area (Å²) >= 11 is 0. The summed E-state index contributed by atoms with van der Waals surface area (Å²) in [6.45, 7) is 2.11. The van der Waals surface area contributed by atoms with Crippen LogP contribution < -0.4 is 5.73 Å². The third-order valence-corrected chi connectivity index (χ3v) is 3.30. The van der Waals surface area contributed by atoms with E-state index in [2.05, 4.69) is 60.0 Å².